The molecule has 0 atom stereocenters. The van der Waals surface area contributed by atoms with E-state index in [1.807, 2.05) is 0 Å². The van der Waals surface area contributed by atoms with Crippen molar-refractivity contribution in [2.75, 3.05) is 26.0 Å². The van der Waals surface area contributed by atoms with Gasteiger partial charge in [-0.15, -0.1) is 0 Å². The molecule has 0 aromatic heterocycles. The summed E-state index contributed by atoms with van der Waals surface area (Å²) in [4.78, 5) is 23.9. The van der Waals surface area contributed by atoms with Crippen LogP contribution in [-0.2, 0) is 19.6 Å². The lowest BCUT2D eigenvalue weighted by Crippen LogP contribution is -2.23. The summed E-state index contributed by atoms with van der Waals surface area (Å²) in [5, 5.41) is 2.17. The molecule has 0 saturated heterocycles. The third kappa shape index (κ3) is 5.20. The lowest BCUT2D eigenvalue weighted by atomic mass is 10.2. The summed E-state index contributed by atoms with van der Waals surface area (Å²) < 4.78 is 43.3. The molecule has 0 aliphatic heterocycles. The van der Waals surface area contributed by atoms with Gasteiger partial charge in [0, 0.05) is 19.8 Å². The normalized spacial score (nSPS) is 11.4. The predicted molar refractivity (Wildman–Crippen MR) is 103 cm³/mol. The van der Waals surface area contributed by atoms with Gasteiger partial charge in [0.1, 0.15) is 5.82 Å². The Bertz CT molecular complexity index is 1030. The predicted octanol–water partition coefficient (Wildman–Crippen LogP) is 3.18. The van der Waals surface area contributed by atoms with Crippen LogP contribution in [0.3, 0.4) is 0 Å². The molecule has 1 N–H and O–H groups in total. The summed E-state index contributed by atoms with van der Waals surface area (Å²) in [6, 6.07) is 7.11. The van der Waals surface area contributed by atoms with Gasteiger partial charge >= 0.3 is 5.97 Å². The molecule has 2 aromatic rings. The Morgan fingerprint density at radius 3 is 2.39 bits per heavy atom. The summed E-state index contributed by atoms with van der Waals surface area (Å²) in [7, 11) is -1.10. The molecule has 11 heteroatoms. The lowest BCUT2D eigenvalue weighted by molar-refractivity contribution is -0.119. The van der Waals surface area contributed by atoms with E-state index < -0.39 is 34.3 Å². The first-order valence-electron chi connectivity index (χ1n) is 7.66. The number of hydrogen-bond acceptors (Lipinski definition) is 5. The number of rotatable bonds is 6. The number of hydrogen-bond donors (Lipinski definition) is 1. The van der Waals surface area contributed by atoms with Crippen LogP contribution < -0.4 is 5.32 Å². The van der Waals surface area contributed by atoms with Crippen molar-refractivity contribution in [3.63, 3.8) is 0 Å². The van der Waals surface area contributed by atoms with E-state index in [4.69, 9.17) is 27.9 Å². The number of amides is 1. The second-order valence-electron chi connectivity index (χ2n) is 5.68. The smallest absolute Gasteiger partial charge is 0.340 e. The molecule has 0 saturated carbocycles. The first-order valence-corrected chi connectivity index (χ1v) is 9.86. The van der Waals surface area contributed by atoms with Crippen molar-refractivity contribution < 1.29 is 27.1 Å². The van der Waals surface area contributed by atoms with Crippen molar-refractivity contribution in [1.82, 2.24) is 4.31 Å². The zero-order valence-electron chi connectivity index (χ0n) is 14.7. The molecule has 2 aromatic carbocycles. The minimum absolute atomic E-state index is 0.0339. The van der Waals surface area contributed by atoms with Gasteiger partial charge in [0.05, 0.1) is 20.5 Å². The summed E-state index contributed by atoms with van der Waals surface area (Å²) in [6.45, 7) is -0.672. The Balaban J connectivity index is 2.08. The summed E-state index contributed by atoms with van der Waals surface area (Å²) in [5.74, 6) is -2.33. The van der Waals surface area contributed by atoms with Crippen LogP contribution in [0.5, 0.6) is 0 Å². The maximum Gasteiger partial charge on any atom is 0.340 e. The topological polar surface area (TPSA) is 92.8 Å². The zero-order valence-corrected chi connectivity index (χ0v) is 17.0. The van der Waals surface area contributed by atoms with Crippen LogP contribution in [0.15, 0.2) is 41.3 Å². The van der Waals surface area contributed by atoms with Gasteiger partial charge in [-0.2, -0.15) is 0 Å². The van der Waals surface area contributed by atoms with Gasteiger partial charge in [-0.3, -0.25) is 4.79 Å². The van der Waals surface area contributed by atoms with Gasteiger partial charge < -0.3 is 10.1 Å². The quantitative estimate of drug-likeness (QED) is 0.684. The van der Waals surface area contributed by atoms with Crippen LogP contribution in [0.1, 0.15) is 10.4 Å². The molecule has 2 rings (SSSR count). The molecular formula is C17H15Cl2FN2O5S. The first-order chi connectivity index (χ1) is 13.0. The van der Waals surface area contributed by atoms with Gasteiger partial charge in [-0.25, -0.2) is 21.9 Å². The number of sulfonamides is 1. The molecule has 0 bridgehead atoms. The Hall–Kier alpha value is -2.20. The highest BCUT2D eigenvalue weighted by molar-refractivity contribution is 7.89. The maximum absolute atomic E-state index is 13.1. The van der Waals surface area contributed by atoms with Crippen molar-refractivity contribution in [2.24, 2.45) is 0 Å². The molecular weight excluding hydrogens is 434 g/mol. The van der Waals surface area contributed by atoms with E-state index in [1.54, 1.807) is 0 Å². The molecule has 0 heterocycles. The Morgan fingerprint density at radius 1 is 1.11 bits per heavy atom. The molecule has 28 heavy (non-hydrogen) atoms. The van der Waals surface area contributed by atoms with Crippen LogP contribution in [0.4, 0.5) is 10.1 Å². The highest BCUT2D eigenvalue weighted by Crippen LogP contribution is 2.23. The first kappa shape index (κ1) is 22.1. The molecule has 0 spiro atoms. The van der Waals surface area contributed by atoms with E-state index in [2.05, 4.69) is 5.32 Å². The van der Waals surface area contributed by atoms with Crippen molar-refractivity contribution in [3.05, 3.63) is 57.8 Å². The van der Waals surface area contributed by atoms with E-state index in [0.717, 1.165) is 16.4 Å². The number of nitrogens with zero attached hydrogens (tertiary/aromatic N) is 1. The van der Waals surface area contributed by atoms with Crippen LogP contribution in [0.2, 0.25) is 10.0 Å². The Labute approximate surface area is 171 Å². The van der Waals surface area contributed by atoms with Crippen LogP contribution in [0, 0.1) is 5.82 Å². The van der Waals surface area contributed by atoms with Crippen LogP contribution in [-0.4, -0.2) is 45.3 Å². The molecule has 7 nitrogen and oxygen atoms in total. The summed E-state index contributed by atoms with van der Waals surface area (Å²) in [6.07, 6.45) is 0. The molecule has 0 fully saturated rings. The second-order valence-corrected chi connectivity index (χ2v) is 8.65. The highest BCUT2D eigenvalue weighted by atomic mass is 35.5. The zero-order chi connectivity index (χ0) is 21.1. The number of esters is 1. The van der Waals surface area contributed by atoms with Crippen molar-refractivity contribution in [2.45, 2.75) is 4.90 Å². The van der Waals surface area contributed by atoms with Crippen molar-refractivity contribution in [3.8, 4) is 0 Å². The lowest BCUT2D eigenvalue weighted by Gasteiger charge is -2.13. The average molecular weight is 449 g/mol. The van der Waals surface area contributed by atoms with Gasteiger partial charge in [0.2, 0.25) is 10.0 Å². The van der Waals surface area contributed by atoms with Gasteiger partial charge in [-0.05, 0) is 36.4 Å². The summed E-state index contributed by atoms with van der Waals surface area (Å²) >= 11 is 11.6. The van der Waals surface area contributed by atoms with Gasteiger partial charge in [-0.1, -0.05) is 23.2 Å². The number of benzene rings is 2. The standard InChI is InChI=1S/C17H15Cl2FN2O5S/c1-22(2)28(25,26)11-4-5-13(18)12(8-11)17(24)27-9-16(23)21-10-3-6-15(20)14(19)7-10/h3-8H,9H2,1-2H3,(H,21,23). The van der Waals surface area contributed by atoms with E-state index in [-0.39, 0.29) is 26.2 Å². The minimum atomic E-state index is -3.78. The van der Waals surface area contributed by atoms with E-state index >= 15 is 0 Å². The fraction of sp³-hybridized carbons (Fsp3) is 0.176. The van der Waals surface area contributed by atoms with Crippen molar-refractivity contribution in [1.29, 1.82) is 0 Å². The number of nitrogens with one attached hydrogen (secondary N) is 1. The number of ether oxygens (including phenoxy) is 1. The Morgan fingerprint density at radius 2 is 1.79 bits per heavy atom. The largest absolute Gasteiger partial charge is 0.452 e. The molecule has 0 unspecified atom stereocenters. The molecule has 0 radical (unpaired) electrons. The molecule has 0 aliphatic rings. The number of carbonyl (C=O) groups is 2. The third-order valence-electron chi connectivity index (χ3n) is 3.47. The second kappa shape index (κ2) is 8.87. The SMILES string of the molecule is CN(C)S(=O)(=O)c1ccc(Cl)c(C(=O)OCC(=O)Nc2ccc(F)c(Cl)c2)c1. The van der Waals surface area contributed by atoms with E-state index in [0.29, 0.717) is 0 Å². The van der Waals surface area contributed by atoms with Gasteiger partial charge in [0.25, 0.3) is 5.91 Å². The molecule has 0 aliphatic carbocycles. The number of carbonyl (C=O) groups excluding carboxylic acids is 2. The fourth-order valence-corrected chi connectivity index (χ4v) is 3.32. The maximum atomic E-state index is 13.1. The fourth-order valence-electron chi connectivity index (χ4n) is 2.01. The van der Waals surface area contributed by atoms with Crippen molar-refractivity contribution >= 4 is 50.8 Å². The minimum Gasteiger partial charge on any atom is -0.452 e. The van der Waals surface area contributed by atoms with E-state index in [1.165, 1.54) is 38.4 Å². The van der Waals surface area contributed by atoms with E-state index in [9.17, 15) is 22.4 Å². The number of halogens is 3. The monoisotopic (exact) mass is 448 g/mol. The van der Waals surface area contributed by atoms with Crippen LogP contribution in [0.25, 0.3) is 0 Å². The van der Waals surface area contributed by atoms with Gasteiger partial charge in [0.15, 0.2) is 6.61 Å². The molecule has 1 amide bonds. The third-order valence-corrected chi connectivity index (χ3v) is 5.90. The summed E-state index contributed by atoms with van der Waals surface area (Å²) in [5.41, 5.74) is 0.00627. The molecule has 150 valence electrons. The van der Waals surface area contributed by atoms with Crippen LogP contribution >= 0.6 is 23.2 Å². The highest BCUT2D eigenvalue weighted by Gasteiger charge is 2.22. The number of anilines is 1. The Kier molecular flexibility index (Phi) is 7.00. The average Bonchev–Trinajstić information content (AvgIpc) is 2.63.